The summed E-state index contributed by atoms with van der Waals surface area (Å²) < 4.78 is 4.99. The molecule has 0 radical (unpaired) electrons. The molecular formula is C18H25N3O3. The highest BCUT2D eigenvalue weighted by Gasteiger charge is 2.35. The average molecular weight is 331 g/mol. The van der Waals surface area contributed by atoms with Crippen LogP contribution in [0.25, 0.3) is 0 Å². The minimum Gasteiger partial charge on any atom is -0.383 e. The van der Waals surface area contributed by atoms with Crippen LogP contribution < -0.4 is 5.32 Å². The van der Waals surface area contributed by atoms with Crippen LogP contribution in [-0.4, -0.2) is 61.8 Å². The Hall–Kier alpha value is -2.08. The molecule has 1 saturated heterocycles. The first-order chi connectivity index (χ1) is 11.5. The van der Waals surface area contributed by atoms with Crippen LogP contribution in [0.3, 0.4) is 0 Å². The van der Waals surface area contributed by atoms with Gasteiger partial charge < -0.3 is 15.0 Å². The molecule has 0 aromatic heterocycles. The molecule has 1 aromatic rings. The van der Waals surface area contributed by atoms with Crippen LogP contribution in [0.4, 0.5) is 4.79 Å². The topological polar surface area (TPSA) is 61.9 Å². The molecule has 6 heteroatoms. The number of nitrogens with zero attached hydrogens (tertiary/aromatic N) is 2. The molecule has 1 heterocycles. The van der Waals surface area contributed by atoms with Gasteiger partial charge in [0.15, 0.2) is 0 Å². The molecule has 1 N–H and O–H groups in total. The lowest BCUT2D eigenvalue weighted by molar-refractivity contribution is -0.127. The zero-order valence-corrected chi connectivity index (χ0v) is 14.4. The third-order valence-electron chi connectivity index (χ3n) is 4.89. The van der Waals surface area contributed by atoms with Gasteiger partial charge in [-0.1, -0.05) is 31.2 Å². The average Bonchev–Trinajstić information content (AvgIpc) is 3.10. The van der Waals surface area contributed by atoms with Crippen molar-refractivity contribution in [2.45, 2.75) is 19.8 Å². The molecule has 2 aliphatic rings. The number of nitrogens with one attached hydrogen (secondary N) is 1. The second-order valence-electron chi connectivity index (χ2n) is 7.08. The minimum atomic E-state index is -0.166. The van der Waals surface area contributed by atoms with Crippen molar-refractivity contribution in [1.29, 1.82) is 0 Å². The lowest BCUT2D eigenvalue weighted by Gasteiger charge is -2.26. The summed E-state index contributed by atoms with van der Waals surface area (Å²) in [5.74, 6) is -0.0262. The van der Waals surface area contributed by atoms with E-state index in [2.05, 4.69) is 36.5 Å². The van der Waals surface area contributed by atoms with E-state index in [1.807, 2.05) is 0 Å². The monoisotopic (exact) mass is 331 g/mol. The lowest BCUT2D eigenvalue weighted by atomic mass is 9.87. The number of ether oxygens (including phenoxy) is 1. The summed E-state index contributed by atoms with van der Waals surface area (Å²) in [4.78, 5) is 27.5. The summed E-state index contributed by atoms with van der Waals surface area (Å²) in [6.45, 7) is 4.30. The molecule has 1 aliphatic heterocycles. The van der Waals surface area contributed by atoms with Gasteiger partial charge in [-0.25, -0.2) is 4.79 Å². The summed E-state index contributed by atoms with van der Waals surface area (Å²) in [7, 11) is 1.60. The molecule has 1 aliphatic carbocycles. The molecule has 6 nitrogen and oxygen atoms in total. The maximum absolute atomic E-state index is 12.4. The Bertz CT molecular complexity index is 607. The molecule has 1 fully saturated rings. The Morgan fingerprint density at radius 3 is 2.58 bits per heavy atom. The molecule has 0 bridgehead atoms. The summed E-state index contributed by atoms with van der Waals surface area (Å²) >= 11 is 0. The Morgan fingerprint density at radius 2 is 1.96 bits per heavy atom. The van der Waals surface area contributed by atoms with Gasteiger partial charge >= 0.3 is 6.03 Å². The Morgan fingerprint density at radius 1 is 1.29 bits per heavy atom. The number of methoxy groups -OCH3 is 1. The lowest BCUT2D eigenvalue weighted by Crippen LogP contribution is -2.44. The predicted molar refractivity (Wildman–Crippen MR) is 90.5 cm³/mol. The van der Waals surface area contributed by atoms with Crippen LogP contribution >= 0.6 is 0 Å². The molecule has 3 rings (SSSR count). The van der Waals surface area contributed by atoms with Crippen molar-refractivity contribution in [2.24, 2.45) is 5.41 Å². The second-order valence-corrected chi connectivity index (χ2v) is 7.08. The fraction of sp³-hybridized carbons (Fsp3) is 0.556. The fourth-order valence-electron chi connectivity index (χ4n) is 3.54. The Labute approximate surface area is 142 Å². The maximum atomic E-state index is 12.4. The summed E-state index contributed by atoms with van der Waals surface area (Å²) in [6.07, 6.45) is 1.95. The Kier molecular flexibility index (Phi) is 4.76. The van der Waals surface area contributed by atoms with E-state index in [4.69, 9.17) is 4.74 Å². The van der Waals surface area contributed by atoms with Crippen molar-refractivity contribution in [3.63, 3.8) is 0 Å². The molecule has 24 heavy (non-hydrogen) atoms. The minimum absolute atomic E-state index is 0.0262. The molecule has 0 saturated carbocycles. The third kappa shape index (κ3) is 3.53. The van der Waals surface area contributed by atoms with E-state index in [0.29, 0.717) is 26.4 Å². The number of benzene rings is 1. The second kappa shape index (κ2) is 6.81. The highest BCUT2D eigenvalue weighted by Crippen LogP contribution is 2.35. The summed E-state index contributed by atoms with van der Waals surface area (Å²) in [6, 6.07) is 8.28. The summed E-state index contributed by atoms with van der Waals surface area (Å²) in [5.41, 5.74) is 2.78. The highest BCUT2D eigenvalue weighted by molar-refractivity contribution is 5.87. The van der Waals surface area contributed by atoms with Crippen LogP contribution in [0.1, 0.15) is 18.1 Å². The van der Waals surface area contributed by atoms with Crippen LogP contribution in [-0.2, 0) is 22.4 Å². The normalized spacial score (nSPS) is 18.8. The largest absolute Gasteiger partial charge is 0.383 e. The first kappa shape index (κ1) is 16.8. The molecule has 0 unspecified atom stereocenters. The van der Waals surface area contributed by atoms with Crippen LogP contribution in [0, 0.1) is 5.41 Å². The van der Waals surface area contributed by atoms with E-state index in [-0.39, 0.29) is 23.9 Å². The summed E-state index contributed by atoms with van der Waals surface area (Å²) in [5, 5.41) is 3.02. The quantitative estimate of drug-likeness (QED) is 0.883. The number of rotatable bonds is 5. The molecule has 0 spiro atoms. The highest BCUT2D eigenvalue weighted by atomic mass is 16.5. The molecule has 3 amide bonds. The fourth-order valence-corrected chi connectivity index (χ4v) is 3.54. The smallest absolute Gasteiger partial charge is 0.319 e. The van der Waals surface area contributed by atoms with Crippen molar-refractivity contribution >= 4 is 11.9 Å². The van der Waals surface area contributed by atoms with E-state index in [1.165, 1.54) is 11.1 Å². The van der Waals surface area contributed by atoms with Gasteiger partial charge in [-0.05, 0) is 29.4 Å². The molecule has 130 valence electrons. The number of carbonyl (C=O) groups is 2. The van der Waals surface area contributed by atoms with Crippen molar-refractivity contribution in [2.75, 3.05) is 40.0 Å². The zero-order valence-electron chi connectivity index (χ0n) is 14.4. The number of hydrogen-bond donors (Lipinski definition) is 1. The number of urea groups is 1. The molecule has 0 atom stereocenters. The van der Waals surface area contributed by atoms with Gasteiger partial charge in [-0.15, -0.1) is 0 Å². The Balaban J connectivity index is 1.51. The maximum Gasteiger partial charge on any atom is 0.319 e. The van der Waals surface area contributed by atoms with E-state index < -0.39 is 0 Å². The van der Waals surface area contributed by atoms with Gasteiger partial charge in [0.05, 0.1) is 13.3 Å². The number of carbonyl (C=O) groups excluding carboxylic acids is 2. The third-order valence-corrected chi connectivity index (χ3v) is 4.89. The SMILES string of the molecule is COCCN1CN(C(=O)NCC2(C)Cc3ccccc3C2)CC1=O. The predicted octanol–water partition coefficient (Wildman–Crippen LogP) is 1.25. The number of fused-ring (bicyclic) bond motifs is 1. The molecule has 1 aromatic carbocycles. The van der Waals surface area contributed by atoms with E-state index >= 15 is 0 Å². The van der Waals surface area contributed by atoms with Gasteiger partial charge in [0.25, 0.3) is 0 Å². The van der Waals surface area contributed by atoms with E-state index in [0.717, 1.165) is 12.8 Å². The first-order valence-electron chi connectivity index (χ1n) is 8.37. The van der Waals surface area contributed by atoms with Gasteiger partial charge in [0.2, 0.25) is 5.91 Å². The van der Waals surface area contributed by atoms with Gasteiger partial charge in [0.1, 0.15) is 6.54 Å². The van der Waals surface area contributed by atoms with Crippen LogP contribution in [0.15, 0.2) is 24.3 Å². The van der Waals surface area contributed by atoms with Crippen LogP contribution in [0.2, 0.25) is 0 Å². The van der Waals surface area contributed by atoms with E-state index in [1.54, 1.807) is 16.9 Å². The number of hydrogen-bond acceptors (Lipinski definition) is 3. The van der Waals surface area contributed by atoms with Gasteiger partial charge in [-0.2, -0.15) is 0 Å². The standard InChI is InChI=1S/C18H25N3O3/c1-18(9-14-5-3-4-6-15(14)10-18)12-19-17(23)21-11-16(22)20(13-21)7-8-24-2/h3-6H,7-13H2,1-2H3,(H,19,23). The zero-order chi connectivity index (χ0) is 17.2. The first-order valence-corrected chi connectivity index (χ1v) is 8.37. The van der Waals surface area contributed by atoms with Crippen molar-refractivity contribution in [3.05, 3.63) is 35.4 Å². The van der Waals surface area contributed by atoms with Crippen molar-refractivity contribution in [1.82, 2.24) is 15.1 Å². The van der Waals surface area contributed by atoms with E-state index in [9.17, 15) is 9.59 Å². The van der Waals surface area contributed by atoms with Gasteiger partial charge in [-0.3, -0.25) is 9.69 Å². The van der Waals surface area contributed by atoms with Gasteiger partial charge in [0, 0.05) is 20.2 Å². The van der Waals surface area contributed by atoms with Crippen molar-refractivity contribution < 1.29 is 14.3 Å². The molecular weight excluding hydrogens is 306 g/mol. The number of amides is 3. The van der Waals surface area contributed by atoms with Crippen molar-refractivity contribution in [3.8, 4) is 0 Å². The van der Waals surface area contributed by atoms with Crippen LogP contribution in [0.5, 0.6) is 0 Å².